The second kappa shape index (κ2) is 10.3. The number of nitrogens with zero attached hydrogens (tertiary/aromatic N) is 2. The van der Waals surface area contributed by atoms with Crippen LogP contribution in [-0.4, -0.2) is 9.97 Å². The number of benzene rings is 7. The van der Waals surface area contributed by atoms with Gasteiger partial charge in [0.15, 0.2) is 0 Å². The molecule has 1 atom stereocenters. The summed E-state index contributed by atoms with van der Waals surface area (Å²) in [7, 11) is 0. The normalized spacial score (nSPS) is 14.6. The van der Waals surface area contributed by atoms with Gasteiger partial charge in [0.25, 0.3) is 0 Å². The van der Waals surface area contributed by atoms with Gasteiger partial charge in [-0.25, -0.2) is 9.97 Å². The number of hydrogen-bond donors (Lipinski definition) is 0. The molecule has 0 bridgehead atoms. The van der Waals surface area contributed by atoms with Gasteiger partial charge in [0.2, 0.25) is 5.71 Å². The van der Waals surface area contributed by atoms with Crippen LogP contribution in [0.1, 0.15) is 29.2 Å². The molecule has 11 rings (SSSR count). The van der Waals surface area contributed by atoms with E-state index in [2.05, 4.69) is 127 Å². The summed E-state index contributed by atoms with van der Waals surface area (Å²) in [6, 6.07) is 50.2. The van der Waals surface area contributed by atoms with Crippen molar-refractivity contribution in [3.05, 3.63) is 156 Å². The van der Waals surface area contributed by atoms with E-state index in [-0.39, 0.29) is 5.92 Å². The number of aryl methyl sites for hydroxylation is 1. The number of thiophene rings is 1. The molecule has 1 unspecified atom stereocenters. The van der Waals surface area contributed by atoms with E-state index in [0.717, 1.165) is 46.3 Å². The Bertz CT molecular complexity index is 2950. The average Bonchev–Trinajstić information content (AvgIpc) is 3.68. The lowest BCUT2D eigenvalue weighted by Crippen LogP contribution is -2.09. The van der Waals surface area contributed by atoms with E-state index in [0.29, 0.717) is 5.71 Å². The summed E-state index contributed by atoms with van der Waals surface area (Å²) in [5.74, 6) is -0.00500. The zero-order valence-corrected chi connectivity index (χ0v) is 27.3. The minimum atomic E-state index is -0.00500. The van der Waals surface area contributed by atoms with Crippen molar-refractivity contribution in [2.45, 2.75) is 18.8 Å². The van der Waals surface area contributed by atoms with E-state index in [1.54, 1.807) is 0 Å². The molecule has 0 radical (unpaired) electrons. The van der Waals surface area contributed by atoms with Gasteiger partial charge in [0.1, 0.15) is 11.1 Å². The number of para-hydroxylation sites is 1. The summed E-state index contributed by atoms with van der Waals surface area (Å²) in [4.78, 5) is 10.9. The van der Waals surface area contributed by atoms with Crippen molar-refractivity contribution >= 4 is 75.3 Å². The van der Waals surface area contributed by atoms with Crippen molar-refractivity contribution in [3.8, 4) is 22.4 Å². The quantitative estimate of drug-likeness (QED) is 0.188. The second-order valence-corrected chi connectivity index (χ2v) is 14.1. The molecule has 3 nitrogen and oxygen atoms in total. The molecular weight excluding hydrogens is 617 g/mol. The third-order valence-corrected chi connectivity index (χ3v) is 11.8. The topological polar surface area (TPSA) is 38.9 Å². The first kappa shape index (κ1) is 27.1. The summed E-state index contributed by atoms with van der Waals surface area (Å²) in [6.07, 6.45) is 1.86. The van der Waals surface area contributed by atoms with Crippen molar-refractivity contribution in [1.82, 2.24) is 9.97 Å². The minimum absolute atomic E-state index is 0.00500. The summed E-state index contributed by atoms with van der Waals surface area (Å²) < 4.78 is 9.03. The van der Waals surface area contributed by atoms with E-state index >= 15 is 0 Å². The van der Waals surface area contributed by atoms with Crippen LogP contribution in [0.4, 0.5) is 0 Å². The van der Waals surface area contributed by atoms with Crippen LogP contribution >= 0.6 is 11.3 Å². The Balaban J connectivity index is 1.34. The predicted octanol–water partition coefficient (Wildman–Crippen LogP) is 12.5. The lowest BCUT2D eigenvalue weighted by Gasteiger charge is -2.23. The monoisotopic (exact) mass is 644 g/mol. The van der Waals surface area contributed by atoms with Crippen LogP contribution in [0.2, 0.25) is 0 Å². The molecule has 0 saturated heterocycles. The van der Waals surface area contributed by atoms with Crippen LogP contribution < -0.4 is 0 Å². The number of hydrogen-bond acceptors (Lipinski definition) is 4. The third kappa shape index (κ3) is 3.89. The Morgan fingerprint density at radius 2 is 1.33 bits per heavy atom. The Kier molecular flexibility index (Phi) is 5.72. The van der Waals surface area contributed by atoms with Gasteiger partial charge < -0.3 is 4.42 Å². The zero-order chi connectivity index (χ0) is 32.1. The average molecular weight is 645 g/mol. The van der Waals surface area contributed by atoms with Crippen molar-refractivity contribution in [2.24, 2.45) is 0 Å². The van der Waals surface area contributed by atoms with E-state index < -0.39 is 0 Å². The molecule has 3 heterocycles. The van der Waals surface area contributed by atoms with Crippen molar-refractivity contribution < 1.29 is 4.42 Å². The van der Waals surface area contributed by atoms with Gasteiger partial charge >= 0.3 is 0 Å². The highest BCUT2D eigenvalue weighted by atomic mass is 32.1. The fourth-order valence-electron chi connectivity index (χ4n) is 8.37. The van der Waals surface area contributed by atoms with Gasteiger partial charge in [-0.15, -0.1) is 11.3 Å². The van der Waals surface area contributed by atoms with Gasteiger partial charge in [-0.2, -0.15) is 0 Å². The molecule has 0 amide bonds. The SMILES string of the molecule is c1ccc(-c2nc3oc4ccccc4c3nc2C2CCc3ccccc3-c3c2c2sc4c5ccccc5ccc4c2c2ccccc32)cc1. The molecule has 0 aliphatic heterocycles. The number of aromatic nitrogens is 2. The van der Waals surface area contributed by atoms with Crippen LogP contribution in [0, 0.1) is 0 Å². The Morgan fingerprint density at radius 3 is 2.22 bits per heavy atom. The summed E-state index contributed by atoms with van der Waals surface area (Å²) in [5.41, 5.74) is 10.6. The van der Waals surface area contributed by atoms with Crippen molar-refractivity contribution in [1.29, 1.82) is 0 Å². The molecule has 0 spiro atoms. The standard InChI is InChI=1S/C45H28N2OS/c1-2-14-28(15-3-1)40-41(46-42-33-20-10-11-21-36(33)48-45(42)47-40)34-24-22-26-12-4-6-16-29(26)37-31-18-8-9-19-32(31)38-35-25-23-27-13-5-7-17-30(27)43(35)49-44(38)39(34)37/h1-21,23,25,34H,22,24H2. The van der Waals surface area contributed by atoms with Gasteiger partial charge in [0.05, 0.1) is 11.4 Å². The number of rotatable bonds is 2. The zero-order valence-electron chi connectivity index (χ0n) is 26.5. The van der Waals surface area contributed by atoms with Crippen molar-refractivity contribution in [2.75, 3.05) is 0 Å². The Hall–Kier alpha value is -5.84. The second-order valence-electron chi connectivity index (χ2n) is 13.1. The smallest absolute Gasteiger partial charge is 0.246 e. The molecule has 4 heteroatoms. The summed E-state index contributed by atoms with van der Waals surface area (Å²) in [5, 5.41) is 8.84. The van der Waals surface area contributed by atoms with Gasteiger partial charge in [-0.1, -0.05) is 127 Å². The van der Waals surface area contributed by atoms with Crippen LogP contribution in [-0.2, 0) is 6.42 Å². The van der Waals surface area contributed by atoms with E-state index in [1.807, 2.05) is 23.5 Å². The molecule has 0 saturated carbocycles. The summed E-state index contributed by atoms with van der Waals surface area (Å²) >= 11 is 1.95. The highest BCUT2D eigenvalue weighted by molar-refractivity contribution is 7.27. The molecule has 49 heavy (non-hydrogen) atoms. The highest BCUT2D eigenvalue weighted by Gasteiger charge is 2.33. The van der Waals surface area contributed by atoms with Crippen LogP contribution in [0.5, 0.6) is 0 Å². The Labute approximate surface area is 286 Å². The lowest BCUT2D eigenvalue weighted by molar-refractivity contribution is 0.649. The molecule has 230 valence electrons. The first-order valence-corrected chi connectivity index (χ1v) is 17.7. The maximum absolute atomic E-state index is 6.34. The van der Waals surface area contributed by atoms with E-state index in [4.69, 9.17) is 14.4 Å². The predicted molar refractivity (Wildman–Crippen MR) is 205 cm³/mol. The van der Waals surface area contributed by atoms with Crippen molar-refractivity contribution in [3.63, 3.8) is 0 Å². The van der Waals surface area contributed by atoms with Crippen LogP contribution in [0.25, 0.3) is 86.3 Å². The first-order valence-electron chi connectivity index (χ1n) is 16.9. The van der Waals surface area contributed by atoms with Gasteiger partial charge in [-0.05, 0) is 68.8 Å². The van der Waals surface area contributed by atoms with Crippen LogP contribution in [0.3, 0.4) is 0 Å². The number of fused-ring (bicyclic) bond motifs is 15. The third-order valence-electron chi connectivity index (χ3n) is 10.5. The number of furan rings is 1. The maximum Gasteiger partial charge on any atom is 0.246 e. The molecule has 7 aromatic carbocycles. The van der Waals surface area contributed by atoms with Crippen LogP contribution in [0.15, 0.2) is 144 Å². The molecule has 0 N–H and O–H groups in total. The lowest BCUT2D eigenvalue weighted by atomic mass is 9.82. The van der Waals surface area contributed by atoms with E-state index in [1.165, 1.54) is 64.0 Å². The highest BCUT2D eigenvalue weighted by Crippen LogP contribution is 2.54. The molecule has 0 fully saturated rings. The van der Waals surface area contributed by atoms with Gasteiger partial charge in [-0.3, -0.25) is 0 Å². The molecule has 10 aromatic rings. The maximum atomic E-state index is 6.34. The summed E-state index contributed by atoms with van der Waals surface area (Å²) in [6.45, 7) is 0. The fraction of sp³-hybridized carbons (Fsp3) is 0.0667. The molecular formula is C45H28N2OS. The molecule has 1 aliphatic carbocycles. The molecule has 1 aliphatic rings. The van der Waals surface area contributed by atoms with Gasteiger partial charge in [0, 0.05) is 37.0 Å². The fourth-order valence-corrected chi connectivity index (χ4v) is 9.83. The Morgan fingerprint density at radius 1 is 0.592 bits per heavy atom. The molecule has 3 aromatic heterocycles. The van der Waals surface area contributed by atoms with E-state index in [9.17, 15) is 0 Å². The largest absolute Gasteiger partial charge is 0.436 e. The first-order chi connectivity index (χ1) is 24.3. The minimum Gasteiger partial charge on any atom is -0.436 e.